The van der Waals surface area contributed by atoms with E-state index in [0.29, 0.717) is 5.75 Å². The van der Waals surface area contributed by atoms with E-state index >= 15 is 0 Å². The summed E-state index contributed by atoms with van der Waals surface area (Å²) in [7, 11) is 1.60. The number of methoxy groups -OCH3 is 1. The lowest BCUT2D eigenvalue weighted by Gasteiger charge is -2.32. The Morgan fingerprint density at radius 1 is 0.926 bits per heavy atom. The smallest absolute Gasteiger partial charge is 0.123 e. The average Bonchev–Trinajstić information content (AvgIpc) is 3.11. The van der Waals surface area contributed by atoms with Crippen LogP contribution in [0.4, 0.5) is 0 Å². The average molecular weight is 357 g/mol. The molecule has 0 aliphatic heterocycles. The summed E-state index contributed by atoms with van der Waals surface area (Å²) in [6.07, 6.45) is 2.06. The van der Waals surface area contributed by atoms with Crippen molar-refractivity contribution in [2.75, 3.05) is 7.11 Å². The van der Waals surface area contributed by atoms with Crippen LogP contribution in [0.5, 0.6) is 11.5 Å². The minimum absolute atomic E-state index is 0.225. The van der Waals surface area contributed by atoms with E-state index in [1.165, 1.54) is 5.56 Å². The highest BCUT2D eigenvalue weighted by Gasteiger charge is 2.35. The summed E-state index contributed by atoms with van der Waals surface area (Å²) in [5.41, 5.74) is 4.87. The molecule has 0 amide bonds. The van der Waals surface area contributed by atoms with Gasteiger partial charge in [-0.25, -0.2) is 0 Å². The van der Waals surface area contributed by atoms with E-state index in [2.05, 4.69) is 55.4 Å². The Hall–Kier alpha value is -3.20. The third-order valence-electron chi connectivity index (χ3n) is 5.47. The Morgan fingerprint density at radius 3 is 2.41 bits per heavy atom. The van der Waals surface area contributed by atoms with Gasteiger partial charge in [-0.2, -0.15) is 0 Å². The maximum absolute atomic E-state index is 10.9. The second-order valence-electron chi connectivity index (χ2n) is 7.13. The van der Waals surface area contributed by atoms with Crippen LogP contribution in [0.1, 0.15) is 29.2 Å². The number of nitrogens with one attached hydrogen (secondary N) is 1. The number of fused-ring (bicyclic) bond motifs is 1. The molecule has 4 rings (SSSR count). The molecular formula is C24H23NO2. The van der Waals surface area contributed by atoms with Gasteiger partial charge in [0.25, 0.3) is 0 Å². The van der Waals surface area contributed by atoms with Gasteiger partial charge in [-0.15, -0.1) is 0 Å². The minimum Gasteiger partial charge on any atom is -0.507 e. The van der Waals surface area contributed by atoms with E-state index in [1.807, 2.05) is 30.3 Å². The quantitative estimate of drug-likeness (QED) is 0.503. The van der Waals surface area contributed by atoms with Gasteiger partial charge in [-0.05, 0) is 43.2 Å². The van der Waals surface area contributed by atoms with Crippen LogP contribution < -0.4 is 4.74 Å². The molecule has 1 atom stereocenters. The van der Waals surface area contributed by atoms with Crippen molar-refractivity contribution in [3.8, 4) is 11.5 Å². The molecule has 0 aliphatic carbocycles. The molecule has 136 valence electrons. The predicted octanol–water partition coefficient (Wildman–Crippen LogP) is 5.54. The van der Waals surface area contributed by atoms with Gasteiger partial charge < -0.3 is 14.8 Å². The van der Waals surface area contributed by atoms with Crippen molar-refractivity contribution in [3.05, 3.63) is 95.2 Å². The Kier molecular flexibility index (Phi) is 4.15. The number of rotatable bonds is 4. The Bertz CT molecular complexity index is 1100. The number of benzene rings is 3. The first-order chi connectivity index (χ1) is 13.0. The van der Waals surface area contributed by atoms with Crippen molar-refractivity contribution in [2.24, 2.45) is 0 Å². The SMILES string of the molecule is COc1ccc([C@@](C)(c2ccccc2)c2c[nH]c3ccc(C)cc23)c(O)c1. The summed E-state index contributed by atoms with van der Waals surface area (Å²) in [5, 5.41) is 12.0. The molecule has 0 saturated carbocycles. The molecule has 0 saturated heterocycles. The monoisotopic (exact) mass is 357 g/mol. The standard InChI is InChI=1S/C24H23NO2/c1-16-9-12-22-19(13-16)21(15-25-22)24(2,17-7-5-4-6-8-17)20-11-10-18(27-3)14-23(20)26/h4-15,25-26H,1-3H3/t24-/m1/s1. The van der Waals surface area contributed by atoms with Crippen LogP contribution in [0.2, 0.25) is 0 Å². The summed E-state index contributed by atoms with van der Waals surface area (Å²) in [4.78, 5) is 3.40. The Labute approximate surface area is 159 Å². The van der Waals surface area contributed by atoms with Crippen molar-refractivity contribution in [3.63, 3.8) is 0 Å². The molecule has 3 aromatic carbocycles. The zero-order valence-corrected chi connectivity index (χ0v) is 15.8. The van der Waals surface area contributed by atoms with Gasteiger partial charge >= 0.3 is 0 Å². The minimum atomic E-state index is -0.524. The Balaban J connectivity index is 2.04. The van der Waals surface area contributed by atoms with Gasteiger partial charge in [0.2, 0.25) is 0 Å². The maximum atomic E-state index is 10.9. The summed E-state index contributed by atoms with van der Waals surface area (Å²) in [6, 6.07) is 22.2. The first-order valence-corrected chi connectivity index (χ1v) is 9.05. The molecule has 0 bridgehead atoms. The summed E-state index contributed by atoms with van der Waals surface area (Å²) in [5.74, 6) is 0.865. The van der Waals surface area contributed by atoms with Gasteiger partial charge in [-0.3, -0.25) is 0 Å². The van der Waals surface area contributed by atoms with E-state index in [-0.39, 0.29) is 5.75 Å². The molecule has 2 N–H and O–H groups in total. The lowest BCUT2D eigenvalue weighted by molar-refractivity contribution is 0.404. The van der Waals surface area contributed by atoms with Crippen LogP contribution in [-0.2, 0) is 5.41 Å². The summed E-state index contributed by atoms with van der Waals surface area (Å²) >= 11 is 0. The second-order valence-corrected chi connectivity index (χ2v) is 7.13. The predicted molar refractivity (Wildman–Crippen MR) is 110 cm³/mol. The highest BCUT2D eigenvalue weighted by atomic mass is 16.5. The Morgan fingerprint density at radius 2 is 1.70 bits per heavy atom. The molecular weight excluding hydrogens is 334 g/mol. The van der Waals surface area contributed by atoms with Crippen molar-refractivity contribution < 1.29 is 9.84 Å². The fourth-order valence-corrected chi connectivity index (χ4v) is 3.94. The highest BCUT2D eigenvalue weighted by Crippen LogP contribution is 2.46. The van der Waals surface area contributed by atoms with Gasteiger partial charge in [0.1, 0.15) is 11.5 Å². The van der Waals surface area contributed by atoms with Crippen molar-refractivity contribution >= 4 is 10.9 Å². The number of hydrogen-bond acceptors (Lipinski definition) is 2. The number of ether oxygens (including phenoxy) is 1. The van der Waals surface area contributed by atoms with Crippen LogP contribution in [-0.4, -0.2) is 17.2 Å². The molecule has 0 aliphatic rings. The first-order valence-electron chi connectivity index (χ1n) is 9.05. The van der Waals surface area contributed by atoms with E-state index in [4.69, 9.17) is 4.74 Å². The molecule has 0 fully saturated rings. The van der Waals surface area contributed by atoms with Crippen molar-refractivity contribution in [1.82, 2.24) is 4.98 Å². The molecule has 3 heteroatoms. The van der Waals surface area contributed by atoms with Gasteiger partial charge in [-0.1, -0.05) is 48.0 Å². The molecule has 0 unspecified atom stereocenters. The summed E-state index contributed by atoms with van der Waals surface area (Å²) < 4.78 is 5.28. The normalized spacial score (nSPS) is 13.4. The summed E-state index contributed by atoms with van der Waals surface area (Å²) in [6.45, 7) is 4.26. The molecule has 4 aromatic rings. The van der Waals surface area contributed by atoms with Crippen molar-refractivity contribution in [1.29, 1.82) is 0 Å². The maximum Gasteiger partial charge on any atom is 0.123 e. The fraction of sp³-hybridized carbons (Fsp3) is 0.167. The highest BCUT2D eigenvalue weighted by molar-refractivity contribution is 5.86. The van der Waals surface area contributed by atoms with E-state index in [1.54, 1.807) is 13.2 Å². The van der Waals surface area contributed by atoms with E-state index in [9.17, 15) is 5.11 Å². The molecule has 1 heterocycles. The molecule has 3 nitrogen and oxygen atoms in total. The fourth-order valence-electron chi connectivity index (χ4n) is 3.94. The van der Waals surface area contributed by atoms with Gasteiger partial charge in [0.05, 0.1) is 7.11 Å². The molecule has 0 radical (unpaired) electrons. The second kappa shape index (κ2) is 6.51. The third kappa shape index (κ3) is 2.76. The van der Waals surface area contributed by atoms with Gasteiger partial charge in [0, 0.05) is 34.1 Å². The topological polar surface area (TPSA) is 45.2 Å². The first kappa shape index (κ1) is 17.2. The molecule has 0 spiro atoms. The number of phenolic OH excluding ortho intramolecular Hbond substituents is 1. The number of hydrogen-bond donors (Lipinski definition) is 2. The molecule has 1 aromatic heterocycles. The number of H-pyrrole nitrogens is 1. The zero-order chi connectivity index (χ0) is 19.0. The lowest BCUT2D eigenvalue weighted by atomic mass is 9.70. The number of aromatic hydroxyl groups is 1. The largest absolute Gasteiger partial charge is 0.507 e. The molecule has 27 heavy (non-hydrogen) atoms. The van der Waals surface area contributed by atoms with Crippen LogP contribution >= 0.6 is 0 Å². The lowest BCUT2D eigenvalue weighted by Crippen LogP contribution is -2.25. The number of phenols is 1. The van der Waals surface area contributed by atoms with Crippen LogP contribution in [0.25, 0.3) is 10.9 Å². The zero-order valence-electron chi connectivity index (χ0n) is 15.8. The van der Waals surface area contributed by atoms with E-state index in [0.717, 1.165) is 27.6 Å². The number of aromatic amines is 1. The van der Waals surface area contributed by atoms with Crippen molar-refractivity contribution in [2.45, 2.75) is 19.3 Å². The third-order valence-corrected chi connectivity index (χ3v) is 5.47. The van der Waals surface area contributed by atoms with Crippen LogP contribution in [0.3, 0.4) is 0 Å². The number of aromatic nitrogens is 1. The number of aryl methyl sites for hydroxylation is 1. The van der Waals surface area contributed by atoms with Gasteiger partial charge in [0.15, 0.2) is 0 Å². The van der Waals surface area contributed by atoms with Crippen LogP contribution in [0.15, 0.2) is 72.9 Å². The van der Waals surface area contributed by atoms with E-state index < -0.39 is 5.41 Å². The van der Waals surface area contributed by atoms with Crippen LogP contribution in [0, 0.1) is 6.92 Å².